The van der Waals surface area contributed by atoms with Crippen molar-refractivity contribution < 1.29 is 32.2 Å². The molecule has 16 heteroatoms. The van der Waals surface area contributed by atoms with E-state index < -0.39 is 28.5 Å². The minimum absolute atomic E-state index is 0.0157. The lowest BCUT2D eigenvalue weighted by molar-refractivity contribution is -0.138. The van der Waals surface area contributed by atoms with Gasteiger partial charge in [-0.1, -0.05) is 29.0 Å². The zero-order chi connectivity index (χ0) is 32.3. The van der Waals surface area contributed by atoms with Crippen molar-refractivity contribution in [1.82, 2.24) is 24.8 Å². The molecule has 3 aromatic rings. The molecule has 0 radical (unpaired) electrons. The highest BCUT2D eigenvalue weighted by molar-refractivity contribution is 7.16. The fourth-order valence-corrected chi connectivity index (χ4v) is 7.01. The topological polar surface area (TPSA) is 107 Å². The molecule has 1 aromatic carbocycles. The molecule has 0 aliphatic carbocycles. The number of aromatic nitrogens is 3. The van der Waals surface area contributed by atoms with Gasteiger partial charge in [0.15, 0.2) is 16.8 Å². The number of rotatable bonds is 11. The van der Waals surface area contributed by atoms with E-state index in [2.05, 4.69) is 32.1 Å². The Morgan fingerprint density at radius 1 is 1.22 bits per heavy atom. The lowest BCUT2D eigenvalue weighted by atomic mass is 10.1. The van der Waals surface area contributed by atoms with Crippen LogP contribution in [0.3, 0.4) is 0 Å². The summed E-state index contributed by atoms with van der Waals surface area (Å²) in [5.41, 5.74) is -0.337. The third-order valence-corrected chi connectivity index (χ3v) is 9.44. The minimum Gasteiger partial charge on any atom is -0.481 e. The average Bonchev–Trinajstić information content (AvgIpc) is 3.58. The molecule has 2 atom stereocenters. The van der Waals surface area contributed by atoms with Crippen LogP contribution in [0.1, 0.15) is 36.6 Å². The fraction of sp³-hybridized carbons (Fsp3) is 0.517. The molecular formula is C29H34ClF4N7O3S. The van der Waals surface area contributed by atoms with Gasteiger partial charge in [0.25, 0.3) is 0 Å². The number of alkyl halides is 3. The molecule has 0 spiro atoms. The van der Waals surface area contributed by atoms with Crippen molar-refractivity contribution in [2.45, 2.75) is 51.0 Å². The normalized spacial score (nSPS) is 19.8. The van der Waals surface area contributed by atoms with Crippen molar-refractivity contribution in [3.63, 3.8) is 0 Å². The highest BCUT2D eigenvalue weighted by atomic mass is 35.5. The number of likely N-dealkylation sites (tertiary alicyclic amines) is 1. The van der Waals surface area contributed by atoms with Crippen LogP contribution in [0.4, 0.5) is 34.3 Å². The zero-order valence-electron chi connectivity index (χ0n) is 24.8. The van der Waals surface area contributed by atoms with Crippen molar-refractivity contribution in [2.75, 3.05) is 56.7 Å². The largest absolute Gasteiger partial charge is 0.481 e. The summed E-state index contributed by atoms with van der Waals surface area (Å²) in [6.07, 6.45) is -1.38. The summed E-state index contributed by atoms with van der Waals surface area (Å²) in [6, 6.07) is 3.84. The van der Waals surface area contributed by atoms with Gasteiger partial charge in [0.2, 0.25) is 5.82 Å². The number of anilines is 3. The first-order valence-corrected chi connectivity index (χ1v) is 15.7. The molecule has 0 unspecified atom stereocenters. The highest BCUT2D eigenvalue weighted by Gasteiger charge is 2.34. The summed E-state index contributed by atoms with van der Waals surface area (Å²) in [7, 11) is 1.55. The molecule has 0 saturated carbocycles. The van der Waals surface area contributed by atoms with E-state index in [0.29, 0.717) is 51.1 Å². The number of carbonyl (C=O) groups is 1. The van der Waals surface area contributed by atoms with Crippen LogP contribution in [-0.4, -0.2) is 94.4 Å². The van der Waals surface area contributed by atoms with Crippen LogP contribution in [0.25, 0.3) is 11.3 Å². The molecule has 0 amide bonds. The van der Waals surface area contributed by atoms with E-state index in [0.717, 1.165) is 30.3 Å². The summed E-state index contributed by atoms with van der Waals surface area (Å²) in [5, 5.41) is 11.9. The second-order valence-corrected chi connectivity index (χ2v) is 12.7. The van der Waals surface area contributed by atoms with Crippen LogP contribution >= 0.6 is 22.9 Å². The van der Waals surface area contributed by atoms with E-state index in [1.54, 1.807) is 12.0 Å². The molecule has 2 aliphatic heterocycles. The van der Waals surface area contributed by atoms with Gasteiger partial charge in [-0.25, -0.2) is 15.0 Å². The standard InChI is InChI=1S/C29H34ClF4N7O3S/c1-17-4-3-8-40(17)14-22-25(18-5-6-21(30)20(12-18)29(32,33)34)37-28(45-22)38-26-24(31)27(36-16-35-26)41-11-10-39(9-7-23(42)43)19(13-41)15-44-2/h5-6,12,16-17,19H,3-4,7-11,13-15H2,1-2H3,(H,42,43)(H,35,36,37,38)/t17-,19+/m1/s1. The van der Waals surface area contributed by atoms with E-state index >= 15 is 4.39 Å². The van der Waals surface area contributed by atoms with Crippen molar-refractivity contribution in [3.8, 4) is 11.3 Å². The number of methoxy groups -OCH3 is 1. The summed E-state index contributed by atoms with van der Waals surface area (Å²) >= 11 is 7.12. The first-order chi connectivity index (χ1) is 21.4. The molecule has 45 heavy (non-hydrogen) atoms. The second kappa shape index (κ2) is 14.1. The molecule has 2 fully saturated rings. The van der Waals surface area contributed by atoms with Gasteiger partial charge in [-0.3, -0.25) is 14.6 Å². The van der Waals surface area contributed by atoms with Crippen molar-refractivity contribution >= 4 is 45.7 Å². The number of halogens is 5. The Balaban J connectivity index is 1.42. The SMILES string of the molecule is COC[C@@H]1CN(c2ncnc(Nc3nc(-c4ccc(Cl)c(C(F)(F)F)c4)c(CN4CCC[C@H]4C)s3)c2F)CCN1CCC(=O)O. The van der Waals surface area contributed by atoms with E-state index in [9.17, 15) is 18.0 Å². The molecular weight excluding hydrogens is 638 g/mol. The van der Waals surface area contributed by atoms with Gasteiger partial charge in [0.1, 0.15) is 6.33 Å². The lowest BCUT2D eigenvalue weighted by Crippen LogP contribution is -2.55. The first-order valence-electron chi connectivity index (χ1n) is 14.5. The molecule has 2 saturated heterocycles. The third kappa shape index (κ3) is 7.83. The van der Waals surface area contributed by atoms with Gasteiger partial charge in [-0.2, -0.15) is 17.6 Å². The summed E-state index contributed by atoms with van der Waals surface area (Å²) in [4.78, 5) is 30.8. The smallest absolute Gasteiger partial charge is 0.417 e. The number of hydrogen-bond donors (Lipinski definition) is 2. The summed E-state index contributed by atoms with van der Waals surface area (Å²) < 4.78 is 62.3. The number of nitrogens with one attached hydrogen (secondary N) is 1. The maximum Gasteiger partial charge on any atom is 0.417 e. The molecule has 2 N–H and O–H groups in total. The van der Waals surface area contributed by atoms with Crippen molar-refractivity contribution in [3.05, 3.63) is 45.8 Å². The Labute approximate surface area is 267 Å². The maximum atomic E-state index is 15.9. The summed E-state index contributed by atoms with van der Waals surface area (Å²) in [6.45, 7) is 5.37. The number of thiazole rings is 1. The minimum atomic E-state index is -4.64. The highest BCUT2D eigenvalue weighted by Crippen LogP contribution is 2.40. The number of nitrogens with zero attached hydrogens (tertiary/aromatic N) is 6. The monoisotopic (exact) mass is 671 g/mol. The Bertz CT molecular complexity index is 1510. The van der Waals surface area contributed by atoms with E-state index in [1.807, 2.05) is 4.90 Å². The Kier molecular flexibility index (Phi) is 10.4. The Morgan fingerprint density at radius 2 is 2.02 bits per heavy atom. The molecule has 244 valence electrons. The third-order valence-electron chi connectivity index (χ3n) is 8.15. The van der Waals surface area contributed by atoms with Crippen LogP contribution in [0.2, 0.25) is 5.02 Å². The number of benzene rings is 1. The van der Waals surface area contributed by atoms with Crippen molar-refractivity contribution in [1.29, 1.82) is 0 Å². The summed E-state index contributed by atoms with van der Waals surface area (Å²) in [5.74, 6) is -1.65. The van der Waals surface area contributed by atoms with Crippen LogP contribution in [0.15, 0.2) is 24.5 Å². The van der Waals surface area contributed by atoms with Crippen LogP contribution in [0.5, 0.6) is 0 Å². The molecule has 2 aliphatic rings. The van der Waals surface area contributed by atoms with Crippen LogP contribution in [0, 0.1) is 5.82 Å². The molecule has 4 heterocycles. The predicted octanol–water partition coefficient (Wildman–Crippen LogP) is 5.75. The molecule has 10 nitrogen and oxygen atoms in total. The van der Waals surface area contributed by atoms with Crippen LogP contribution < -0.4 is 10.2 Å². The van der Waals surface area contributed by atoms with Gasteiger partial charge in [-0.05, 0) is 38.4 Å². The molecule has 5 rings (SSSR count). The molecule has 0 bridgehead atoms. The molecule has 2 aromatic heterocycles. The number of piperazine rings is 1. The fourth-order valence-electron chi connectivity index (χ4n) is 5.78. The van der Waals surface area contributed by atoms with E-state index in [4.69, 9.17) is 21.4 Å². The number of aliphatic carboxylic acids is 1. The van der Waals surface area contributed by atoms with Crippen LogP contribution in [-0.2, 0) is 22.3 Å². The zero-order valence-corrected chi connectivity index (χ0v) is 26.4. The predicted molar refractivity (Wildman–Crippen MR) is 164 cm³/mol. The van der Waals surface area contributed by atoms with Gasteiger partial charge in [0, 0.05) is 56.3 Å². The Hall–Kier alpha value is -3.11. The van der Waals surface area contributed by atoms with E-state index in [-0.39, 0.29) is 34.8 Å². The van der Waals surface area contributed by atoms with Gasteiger partial charge in [0.05, 0.1) is 35.3 Å². The quantitative estimate of drug-likeness (QED) is 0.245. The number of ether oxygens (including phenoxy) is 1. The average molecular weight is 672 g/mol. The second-order valence-electron chi connectivity index (χ2n) is 11.2. The van der Waals surface area contributed by atoms with Gasteiger partial charge in [-0.15, -0.1) is 0 Å². The first kappa shape index (κ1) is 33.3. The number of carboxylic acid groups (broad SMARTS) is 1. The van der Waals surface area contributed by atoms with E-state index in [1.165, 1.54) is 29.8 Å². The number of hydrogen-bond acceptors (Lipinski definition) is 10. The number of carboxylic acids is 1. The lowest BCUT2D eigenvalue weighted by Gasteiger charge is -2.41. The van der Waals surface area contributed by atoms with Gasteiger partial charge < -0.3 is 20.1 Å². The Morgan fingerprint density at radius 3 is 2.71 bits per heavy atom. The van der Waals surface area contributed by atoms with Crippen molar-refractivity contribution in [2.24, 2.45) is 0 Å². The maximum absolute atomic E-state index is 15.9. The van der Waals surface area contributed by atoms with Gasteiger partial charge >= 0.3 is 12.1 Å².